The molecule has 0 radical (unpaired) electrons. The second kappa shape index (κ2) is 9.96. The van der Waals surface area contributed by atoms with Crippen LogP contribution in [0.15, 0.2) is 42.5 Å². The Morgan fingerprint density at radius 2 is 1.87 bits per heavy atom. The fourth-order valence-electron chi connectivity index (χ4n) is 3.36. The molecule has 1 heterocycles. The Kier molecular flexibility index (Phi) is 7.34. The van der Waals surface area contributed by atoms with Gasteiger partial charge < -0.3 is 15.1 Å². The Hall–Kier alpha value is -2.57. The number of hydrogen-bond donors (Lipinski definition) is 1. The van der Waals surface area contributed by atoms with E-state index in [0.29, 0.717) is 47.2 Å². The molecule has 0 aromatic heterocycles. The first-order chi connectivity index (χ1) is 14.4. The van der Waals surface area contributed by atoms with Gasteiger partial charge in [0.2, 0.25) is 11.8 Å². The van der Waals surface area contributed by atoms with Crippen LogP contribution in [-0.2, 0) is 9.59 Å². The van der Waals surface area contributed by atoms with Crippen LogP contribution < -0.4 is 10.2 Å². The van der Waals surface area contributed by atoms with E-state index < -0.39 is 0 Å². The number of carbonyl (C=O) groups is 3. The monoisotopic (exact) mass is 447 g/mol. The molecule has 2 aromatic rings. The minimum atomic E-state index is -0.347. The van der Waals surface area contributed by atoms with Gasteiger partial charge in [-0.15, -0.1) is 0 Å². The average Bonchev–Trinajstić information content (AvgIpc) is 3.15. The minimum Gasteiger partial charge on any atom is -0.329 e. The van der Waals surface area contributed by atoms with Gasteiger partial charge in [0.25, 0.3) is 5.91 Å². The Balaban J connectivity index is 1.68. The lowest BCUT2D eigenvalue weighted by atomic mass is 10.1. The molecule has 1 N–H and O–H groups in total. The Labute approximate surface area is 185 Å². The lowest BCUT2D eigenvalue weighted by Gasteiger charge is -2.22. The van der Waals surface area contributed by atoms with Gasteiger partial charge in [0.1, 0.15) is 6.54 Å². The van der Waals surface area contributed by atoms with Crippen molar-refractivity contribution >= 4 is 52.3 Å². The van der Waals surface area contributed by atoms with Crippen LogP contribution in [0.3, 0.4) is 0 Å². The summed E-state index contributed by atoms with van der Waals surface area (Å²) in [5, 5.41) is 3.52. The van der Waals surface area contributed by atoms with Gasteiger partial charge in [-0.05, 0) is 55.3 Å². The van der Waals surface area contributed by atoms with E-state index in [4.69, 9.17) is 23.2 Å². The highest BCUT2D eigenvalue weighted by atomic mass is 35.5. The summed E-state index contributed by atoms with van der Waals surface area (Å²) in [5.74, 6) is -0.493. The van der Waals surface area contributed by atoms with Crippen molar-refractivity contribution in [3.05, 3.63) is 58.1 Å². The number of anilines is 2. The van der Waals surface area contributed by atoms with Crippen LogP contribution in [-0.4, -0.2) is 42.3 Å². The maximum Gasteiger partial charge on any atom is 0.254 e. The highest BCUT2D eigenvalue weighted by molar-refractivity contribution is 6.36. The van der Waals surface area contributed by atoms with Gasteiger partial charge in [-0.2, -0.15) is 0 Å². The highest BCUT2D eigenvalue weighted by Crippen LogP contribution is 2.25. The van der Waals surface area contributed by atoms with Crippen LogP contribution in [0.25, 0.3) is 0 Å². The predicted molar refractivity (Wildman–Crippen MR) is 119 cm³/mol. The number of amides is 3. The lowest BCUT2D eigenvalue weighted by Crippen LogP contribution is -2.38. The molecule has 3 rings (SSSR count). The van der Waals surface area contributed by atoms with E-state index >= 15 is 0 Å². The number of halogens is 2. The van der Waals surface area contributed by atoms with Crippen molar-refractivity contribution < 1.29 is 14.4 Å². The molecular weight excluding hydrogens is 425 g/mol. The molecule has 1 aliphatic rings. The van der Waals surface area contributed by atoms with Crippen molar-refractivity contribution in [2.45, 2.75) is 26.2 Å². The molecule has 6 nitrogen and oxygen atoms in total. The Bertz CT molecular complexity index is 947. The zero-order chi connectivity index (χ0) is 21.7. The third-order valence-corrected chi connectivity index (χ3v) is 5.37. The highest BCUT2D eigenvalue weighted by Gasteiger charge is 2.23. The third-order valence-electron chi connectivity index (χ3n) is 4.82. The van der Waals surface area contributed by atoms with Crippen molar-refractivity contribution in [3.63, 3.8) is 0 Å². The van der Waals surface area contributed by atoms with Gasteiger partial charge in [-0.25, -0.2) is 0 Å². The number of carbonyl (C=O) groups excluding carboxylic acids is 3. The average molecular weight is 448 g/mol. The van der Waals surface area contributed by atoms with E-state index in [1.54, 1.807) is 47.4 Å². The van der Waals surface area contributed by atoms with Crippen LogP contribution in [0.4, 0.5) is 11.4 Å². The van der Waals surface area contributed by atoms with Crippen LogP contribution in [0.1, 0.15) is 36.5 Å². The molecule has 0 atom stereocenters. The summed E-state index contributed by atoms with van der Waals surface area (Å²) in [7, 11) is 0. The first-order valence-corrected chi connectivity index (χ1v) is 10.6. The standard InChI is InChI=1S/C22H23Cl2N3O3/c1-2-11-26(14-20(28)25-19-10-7-16(23)13-18(19)24)22(30)15-5-8-17(9-6-15)27-12-3-4-21(27)29/h5-10,13H,2-4,11-12,14H2,1H3,(H,25,28). The van der Waals surface area contributed by atoms with Crippen molar-refractivity contribution in [2.75, 3.05) is 29.9 Å². The van der Waals surface area contributed by atoms with Crippen LogP contribution in [0.5, 0.6) is 0 Å². The minimum absolute atomic E-state index is 0.0965. The molecule has 2 aromatic carbocycles. The first kappa shape index (κ1) is 22.1. The number of nitrogens with zero attached hydrogens (tertiary/aromatic N) is 2. The van der Waals surface area contributed by atoms with Crippen molar-refractivity contribution in [1.82, 2.24) is 4.90 Å². The molecule has 0 saturated carbocycles. The van der Waals surface area contributed by atoms with Crippen LogP contribution in [0, 0.1) is 0 Å². The quantitative estimate of drug-likeness (QED) is 0.673. The van der Waals surface area contributed by atoms with Gasteiger partial charge >= 0.3 is 0 Å². The maximum atomic E-state index is 13.0. The fraction of sp³-hybridized carbons (Fsp3) is 0.318. The van der Waals surface area contributed by atoms with E-state index in [1.807, 2.05) is 6.92 Å². The number of rotatable bonds is 7. The molecule has 1 aliphatic heterocycles. The molecule has 0 unspecified atom stereocenters. The summed E-state index contributed by atoms with van der Waals surface area (Å²) in [4.78, 5) is 40.6. The van der Waals surface area contributed by atoms with E-state index in [9.17, 15) is 14.4 Å². The maximum absolute atomic E-state index is 13.0. The van der Waals surface area contributed by atoms with E-state index in [2.05, 4.69) is 5.32 Å². The van der Waals surface area contributed by atoms with Gasteiger partial charge in [0, 0.05) is 35.8 Å². The van der Waals surface area contributed by atoms with Crippen molar-refractivity contribution in [2.24, 2.45) is 0 Å². The van der Waals surface area contributed by atoms with Crippen LogP contribution in [0.2, 0.25) is 10.0 Å². The van der Waals surface area contributed by atoms with Gasteiger partial charge in [-0.1, -0.05) is 30.1 Å². The Morgan fingerprint density at radius 3 is 2.47 bits per heavy atom. The third kappa shape index (κ3) is 5.32. The summed E-state index contributed by atoms with van der Waals surface area (Å²) >= 11 is 12.0. The first-order valence-electron chi connectivity index (χ1n) is 9.83. The SMILES string of the molecule is CCCN(CC(=O)Nc1ccc(Cl)cc1Cl)C(=O)c1ccc(N2CCCC2=O)cc1. The van der Waals surface area contributed by atoms with Crippen LogP contribution >= 0.6 is 23.2 Å². The second-order valence-corrected chi connectivity index (χ2v) is 7.94. The summed E-state index contributed by atoms with van der Waals surface area (Å²) in [6.07, 6.45) is 2.11. The molecule has 0 aliphatic carbocycles. The smallest absolute Gasteiger partial charge is 0.254 e. The normalized spacial score (nSPS) is 13.4. The van der Waals surface area contributed by atoms with E-state index in [1.165, 1.54) is 4.90 Å². The molecular formula is C22H23Cl2N3O3. The fourth-order valence-corrected chi connectivity index (χ4v) is 3.82. The number of hydrogen-bond acceptors (Lipinski definition) is 3. The number of benzene rings is 2. The summed E-state index contributed by atoms with van der Waals surface area (Å²) in [6, 6.07) is 11.7. The molecule has 30 heavy (non-hydrogen) atoms. The molecule has 3 amide bonds. The van der Waals surface area contributed by atoms with Gasteiger partial charge in [0.05, 0.1) is 10.7 Å². The van der Waals surface area contributed by atoms with Gasteiger partial charge in [-0.3, -0.25) is 14.4 Å². The van der Waals surface area contributed by atoms with Gasteiger partial charge in [0.15, 0.2) is 0 Å². The molecule has 0 spiro atoms. The molecule has 1 saturated heterocycles. The van der Waals surface area contributed by atoms with Crippen molar-refractivity contribution in [3.8, 4) is 0 Å². The van der Waals surface area contributed by atoms with E-state index in [-0.39, 0.29) is 24.3 Å². The molecule has 1 fully saturated rings. The zero-order valence-electron chi connectivity index (χ0n) is 16.7. The predicted octanol–water partition coefficient (Wildman–Crippen LogP) is 4.61. The summed E-state index contributed by atoms with van der Waals surface area (Å²) < 4.78 is 0. The zero-order valence-corrected chi connectivity index (χ0v) is 18.2. The molecule has 0 bridgehead atoms. The lowest BCUT2D eigenvalue weighted by molar-refractivity contribution is -0.117. The summed E-state index contributed by atoms with van der Waals surface area (Å²) in [5.41, 5.74) is 1.69. The largest absolute Gasteiger partial charge is 0.329 e. The van der Waals surface area contributed by atoms with Crippen molar-refractivity contribution in [1.29, 1.82) is 0 Å². The topological polar surface area (TPSA) is 69.7 Å². The second-order valence-electron chi connectivity index (χ2n) is 7.09. The van der Waals surface area contributed by atoms with E-state index in [0.717, 1.165) is 12.1 Å². The number of nitrogens with one attached hydrogen (secondary N) is 1. The molecule has 158 valence electrons. The Morgan fingerprint density at radius 1 is 1.13 bits per heavy atom. The molecule has 8 heteroatoms. The summed E-state index contributed by atoms with van der Waals surface area (Å²) in [6.45, 7) is 2.98.